The predicted molar refractivity (Wildman–Crippen MR) is 98.1 cm³/mol. The van der Waals surface area contributed by atoms with Crippen LogP contribution in [-0.2, 0) is 4.74 Å². The molecule has 0 radical (unpaired) electrons. The number of nitrogens with one attached hydrogen (secondary N) is 1. The Morgan fingerprint density at radius 2 is 1.91 bits per heavy atom. The largest absolute Gasteiger partial charge is 0.444 e. The lowest BCUT2D eigenvalue weighted by Crippen LogP contribution is -2.44. The van der Waals surface area contributed by atoms with Crippen LogP contribution >= 0.6 is 11.8 Å². The van der Waals surface area contributed by atoms with Crippen LogP contribution in [0.5, 0.6) is 0 Å². The van der Waals surface area contributed by atoms with Gasteiger partial charge in [0.15, 0.2) is 0 Å². The van der Waals surface area contributed by atoms with Gasteiger partial charge in [-0.05, 0) is 64.7 Å². The van der Waals surface area contributed by atoms with Crippen molar-refractivity contribution in [3.05, 3.63) is 0 Å². The van der Waals surface area contributed by atoms with Gasteiger partial charge in [-0.1, -0.05) is 13.3 Å². The van der Waals surface area contributed by atoms with E-state index in [9.17, 15) is 4.79 Å². The number of amides is 1. The molecule has 2 aliphatic rings. The monoisotopic (exact) mass is 342 g/mol. The molecule has 5 heteroatoms. The molecule has 2 unspecified atom stereocenters. The maximum absolute atomic E-state index is 12.1. The number of rotatable bonds is 5. The number of piperidine rings is 1. The molecule has 134 valence electrons. The number of hydrogen-bond donors (Lipinski definition) is 1. The number of nitrogens with zero attached hydrogens (tertiary/aromatic N) is 1. The molecule has 2 atom stereocenters. The summed E-state index contributed by atoms with van der Waals surface area (Å²) in [5.74, 6) is 1.92. The molecule has 4 nitrogen and oxygen atoms in total. The van der Waals surface area contributed by atoms with Crippen molar-refractivity contribution < 1.29 is 9.53 Å². The molecule has 1 saturated heterocycles. The van der Waals surface area contributed by atoms with Gasteiger partial charge in [-0.15, -0.1) is 0 Å². The molecular weight excluding hydrogens is 308 g/mol. The first kappa shape index (κ1) is 18.9. The van der Waals surface area contributed by atoms with Gasteiger partial charge in [-0.25, -0.2) is 4.79 Å². The molecule has 0 aromatic rings. The zero-order valence-corrected chi connectivity index (χ0v) is 16.1. The molecule has 2 rings (SSSR count). The highest BCUT2D eigenvalue weighted by molar-refractivity contribution is 7.99. The van der Waals surface area contributed by atoms with Gasteiger partial charge in [-0.3, -0.25) is 0 Å². The van der Waals surface area contributed by atoms with E-state index in [0.717, 1.165) is 37.7 Å². The van der Waals surface area contributed by atoms with Crippen molar-refractivity contribution in [1.29, 1.82) is 0 Å². The molecule has 0 aromatic carbocycles. The fourth-order valence-corrected chi connectivity index (χ4v) is 4.76. The Kier molecular flexibility index (Phi) is 7.08. The zero-order chi connectivity index (χ0) is 16.9. The first-order valence-electron chi connectivity index (χ1n) is 9.22. The van der Waals surface area contributed by atoms with Crippen LogP contribution < -0.4 is 5.32 Å². The summed E-state index contributed by atoms with van der Waals surface area (Å²) in [7, 11) is 0. The molecule has 1 heterocycles. The van der Waals surface area contributed by atoms with Crippen LogP contribution in [0.25, 0.3) is 0 Å². The second kappa shape index (κ2) is 8.61. The van der Waals surface area contributed by atoms with E-state index in [1.807, 2.05) is 25.7 Å². The fraction of sp³-hybridized carbons (Fsp3) is 0.944. The molecule has 0 aromatic heterocycles. The van der Waals surface area contributed by atoms with Crippen molar-refractivity contribution in [2.45, 2.75) is 76.7 Å². The first-order chi connectivity index (χ1) is 10.9. The van der Waals surface area contributed by atoms with Crippen molar-refractivity contribution in [2.24, 2.45) is 5.92 Å². The SMILES string of the molecule is CCSC1CCCC1NCC1CCN(C(=O)OC(C)(C)C)CC1. The van der Waals surface area contributed by atoms with Crippen LogP contribution in [0.4, 0.5) is 4.79 Å². The van der Waals surface area contributed by atoms with Crippen molar-refractivity contribution in [2.75, 3.05) is 25.4 Å². The van der Waals surface area contributed by atoms with E-state index in [-0.39, 0.29) is 6.09 Å². The van der Waals surface area contributed by atoms with Crippen molar-refractivity contribution in [3.8, 4) is 0 Å². The van der Waals surface area contributed by atoms with Crippen LogP contribution in [0, 0.1) is 5.92 Å². The number of hydrogen-bond acceptors (Lipinski definition) is 4. The summed E-state index contributed by atoms with van der Waals surface area (Å²) in [6, 6.07) is 0.698. The molecule has 2 fully saturated rings. The molecule has 1 aliphatic heterocycles. The second-order valence-electron chi connectivity index (χ2n) is 7.85. The summed E-state index contributed by atoms with van der Waals surface area (Å²) >= 11 is 2.11. The minimum absolute atomic E-state index is 0.154. The van der Waals surface area contributed by atoms with Gasteiger partial charge in [0, 0.05) is 24.4 Å². The minimum atomic E-state index is -0.399. The third kappa shape index (κ3) is 6.18. The highest BCUT2D eigenvalue weighted by Gasteiger charge is 2.29. The van der Waals surface area contributed by atoms with Crippen LogP contribution in [-0.4, -0.2) is 53.3 Å². The Morgan fingerprint density at radius 1 is 1.22 bits per heavy atom. The standard InChI is InChI=1S/C18H34N2O2S/c1-5-23-16-8-6-7-15(16)19-13-14-9-11-20(12-10-14)17(21)22-18(2,3)4/h14-16,19H,5-13H2,1-4H3. The third-order valence-electron chi connectivity index (χ3n) is 4.77. The lowest BCUT2D eigenvalue weighted by Gasteiger charge is -2.34. The fourth-order valence-electron chi connectivity index (χ4n) is 3.54. The lowest BCUT2D eigenvalue weighted by molar-refractivity contribution is 0.0183. The maximum atomic E-state index is 12.1. The second-order valence-corrected chi connectivity index (χ2v) is 9.37. The number of likely N-dealkylation sites (tertiary alicyclic amines) is 1. The Labute approximate surface area is 146 Å². The van der Waals surface area contributed by atoms with E-state index in [0.29, 0.717) is 12.0 Å². The van der Waals surface area contributed by atoms with Crippen LogP contribution in [0.2, 0.25) is 0 Å². The van der Waals surface area contributed by atoms with Crippen LogP contribution in [0.1, 0.15) is 59.8 Å². The summed E-state index contributed by atoms with van der Waals surface area (Å²) in [5, 5.41) is 4.62. The minimum Gasteiger partial charge on any atom is -0.444 e. The number of carbonyl (C=O) groups is 1. The summed E-state index contributed by atoms with van der Waals surface area (Å²) in [5.41, 5.74) is -0.399. The highest BCUT2D eigenvalue weighted by Crippen LogP contribution is 2.30. The summed E-state index contributed by atoms with van der Waals surface area (Å²) < 4.78 is 5.46. The zero-order valence-electron chi connectivity index (χ0n) is 15.3. The Bertz CT molecular complexity index is 376. The molecule has 1 saturated carbocycles. The lowest BCUT2D eigenvalue weighted by atomic mass is 9.96. The molecule has 1 aliphatic carbocycles. The van der Waals surface area contributed by atoms with Crippen molar-refractivity contribution in [1.82, 2.24) is 10.2 Å². The molecule has 0 spiro atoms. The van der Waals surface area contributed by atoms with E-state index in [1.54, 1.807) is 0 Å². The van der Waals surface area contributed by atoms with Crippen LogP contribution in [0.15, 0.2) is 0 Å². The number of ether oxygens (including phenoxy) is 1. The van der Waals surface area contributed by atoms with Gasteiger partial charge in [0.25, 0.3) is 0 Å². The smallest absolute Gasteiger partial charge is 0.410 e. The van der Waals surface area contributed by atoms with Crippen LogP contribution in [0.3, 0.4) is 0 Å². The first-order valence-corrected chi connectivity index (χ1v) is 10.3. The summed E-state index contributed by atoms with van der Waals surface area (Å²) in [6.07, 6.45) is 6.09. The van der Waals surface area contributed by atoms with Gasteiger partial charge in [0.2, 0.25) is 0 Å². The number of carbonyl (C=O) groups excluding carboxylic acids is 1. The Balaban J connectivity index is 1.68. The Morgan fingerprint density at radius 3 is 2.52 bits per heavy atom. The highest BCUT2D eigenvalue weighted by atomic mass is 32.2. The van der Waals surface area contributed by atoms with E-state index in [1.165, 1.54) is 25.0 Å². The van der Waals surface area contributed by atoms with E-state index < -0.39 is 5.60 Å². The third-order valence-corrected chi connectivity index (χ3v) is 6.09. The molecular formula is C18H34N2O2S. The van der Waals surface area contributed by atoms with Crippen molar-refractivity contribution >= 4 is 17.9 Å². The van der Waals surface area contributed by atoms with Gasteiger partial charge in [-0.2, -0.15) is 11.8 Å². The quantitative estimate of drug-likeness (QED) is 0.823. The molecule has 0 bridgehead atoms. The predicted octanol–water partition coefficient (Wildman–Crippen LogP) is 3.90. The molecule has 23 heavy (non-hydrogen) atoms. The van der Waals surface area contributed by atoms with Gasteiger partial charge < -0.3 is 15.0 Å². The molecule has 1 amide bonds. The number of thioether (sulfide) groups is 1. The van der Waals surface area contributed by atoms with E-state index in [2.05, 4.69) is 24.0 Å². The average Bonchev–Trinajstić information content (AvgIpc) is 2.92. The van der Waals surface area contributed by atoms with E-state index >= 15 is 0 Å². The van der Waals surface area contributed by atoms with Gasteiger partial charge in [0.1, 0.15) is 5.60 Å². The summed E-state index contributed by atoms with van der Waals surface area (Å²) in [6.45, 7) is 10.8. The average molecular weight is 343 g/mol. The normalized spacial score (nSPS) is 26.5. The topological polar surface area (TPSA) is 41.6 Å². The van der Waals surface area contributed by atoms with Gasteiger partial charge >= 0.3 is 6.09 Å². The maximum Gasteiger partial charge on any atom is 0.410 e. The van der Waals surface area contributed by atoms with Crippen molar-refractivity contribution in [3.63, 3.8) is 0 Å². The van der Waals surface area contributed by atoms with Gasteiger partial charge in [0.05, 0.1) is 0 Å². The molecule has 1 N–H and O–H groups in total. The summed E-state index contributed by atoms with van der Waals surface area (Å²) in [4.78, 5) is 14.0. The van der Waals surface area contributed by atoms with E-state index in [4.69, 9.17) is 4.74 Å². The Hall–Kier alpha value is -0.420.